The predicted molar refractivity (Wildman–Crippen MR) is 98.4 cm³/mol. The van der Waals surface area contributed by atoms with Gasteiger partial charge in [0.2, 0.25) is 0 Å². The summed E-state index contributed by atoms with van der Waals surface area (Å²) in [7, 11) is 0. The number of phenols is 2. The fourth-order valence-corrected chi connectivity index (χ4v) is 1.96. The smallest absolute Gasteiger partial charge is 0.504 e. The van der Waals surface area contributed by atoms with Crippen LogP contribution in [-0.2, 0) is 25.4 Å². The van der Waals surface area contributed by atoms with E-state index in [2.05, 4.69) is 0 Å². The Bertz CT molecular complexity index is 654. The van der Waals surface area contributed by atoms with Crippen molar-refractivity contribution in [2.75, 3.05) is 6.61 Å². The number of hydrogen-bond acceptors (Lipinski definition) is 8. The third kappa shape index (κ3) is 8.17. The topological polar surface area (TPSA) is 128 Å². The van der Waals surface area contributed by atoms with Crippen LogP contribution in [-0.4, -0.2) is 47.2 Å². The molecule has 27 heavy (non-hydrogen) atoms. The maximum absolute atomic E-state index is 12.1. The highest BCUT2D eigenvalue weighted by molar-refractivity contribution is 5.76. The van der Waals surface area contributed by atoms with E-state index >= 15 is 0 Å². The highest BCUT2D eigenvalue weighted by atomic mass is 16.7. The normalized spacial score (nSPS) is 14.7. The number of rotatable bonds is 7. The van der Waals surface area contributed by atoms with Crippen LogP contribution in [0.4, 0.5) is 4.79 Å². The summed E-state index contributed by atoms with van der Waals surface area (Å²) >= 11 is 0. The van der Waals surface area contributed by atoms with Crippen LogP contribution in [0, 0.1) is 5.41 Å². The highest BCUT2D eigenvalue weighted by Crippen LogP contribution is 2.25. The van der Waals surface area contributed by atoms with Crippen LogP contribution in [0.5, 0.6) is 11.5 Å². The Morgan fingerprint density at radius 2 is 1.67 bits per heavy atom. The van der Waals surface area contributed by atoms with Gasteiger partial charge in [-0.1, -0.05) is 26.8 Å². The molecule has 8 nitrogen and oxygen atoms in total. The molecular weight excluding hydrogens is 354 g/mol. The molecule has 0 heterocycles. The van der Waals surface area contributed by atoms with Crippen molar-refractivity contribution in [2.45, 2.75) is 59.3 Å². The Labute approximate surface area is 159 Å². The van der Waals surface area contributed by atoms with Crippen molar-refractivity contribution in [1.29, 1.82) is 0 Å². The van der Waals surface area contributed by atoms with Crippen LogP contribution in [0.2, 0.25) is 0 Å². The summed E-state index contributed by atoms with van der Waals surface area (Å²) in [4.78, 5) is 23.8. The molecule has 0 radical (unpaired) electrons. The monoisotopic (exact) mass is 383 g/mol. The van der Waals surface area contributed by atoms with E-state index in [9.17, 15) is 19.8 Å². The summed E-state index contributed by atoms with van der Waals surface area (Å²) < 4.78 is 15.3. The minimum Gasteiger partial charge on any atom is -0.504 e. The molecule has 0 saturated heterocycles. The Balaban J connectivity index is 2.49. The standard InChI is InChI=1S/C19H29NO7/c1-11(12(2)27-18(24)25-10-19(3,4)5)26-17(23)14(20)8-13-6-7-15(21)16(22)9-13/h6-7,9,11-12,14,21-22H,8,10,20H2,1-5H3/t11-,12+,14+/m1/s1. The van der Waals surface area contributed by atoms with E-state index in [0.29, 0.717) is 5.56 Å². The quantitative estimate of drug-likeness (QED) is 0.484. The maximum Gasteiger partial charge on any atom is 0.508 e. The molecule has 0 aliphatic heterocycles. The Morgan fingerprint density at radius 1 is 1.07 bits per heavy atom. The van der Waals surface area contributed by atoms with Gasteiger partial charge in [0.15, 0.2) is 11.5 Å². The number of phenolic OH excluding ortho intramolecular Hbond substituents is 2. The van der Waals surface area contributed by atoms with Crippen LogP contribution in [0.25, 0.3) is 0 Å². The number of carbonyl (C=O) groups is 2. The van der Waals surface area contributed by atoms with E-state index < -0.39 is 30.4 Å². The number of esters is 1. The molecule has 0 aromatic heterocycles. The number of nitrogens with two attached hydrogens (primary N) is 1. The van der Waals surface area contributed by atoms with Crippen LogP contribution in [0.1, 0.15) is 40.2 Å². The van der Waals surface area contributed by atoms with Crippen LogP contribution >= 0.6 is 0 Å². The fourth-order valence-electron chi connectivity index (χ4n) is 1.96. The lowest BCUT2D eigenvalue weighted by Crippen LogP contribution is -2.39. The van der Waals surface area contributed by atoms with E-state index in [0.717, 1.165) is 0 Å². The summed E-state index contributed by atoms with van der Waals surface area (Å²) in [6, 6.07) is 3.20. The molecule has 1 aromatic rings. The zero-order valence-electron chi connectivity index (χ0n) is 16.4. The number of benzene rings is 1. The van der Waals surface area contributed by atoms with Gasteiger partial charge in [0, 0.05) is 0 Å². The molecule has 0 saturated carbocycles. The number of aromatic hydroxyl groups is 2. The third-order valence-electron chi connectivity index (χ3n) is 3.67. The van der Waals surface area contributed by atoms with Gasteiger partial charge in [-0.3, -0.25) is 4.79 Å². The number of ether oxygens (including phenoxy) is 3. The number of hydrogen-bond donors (Lipinski definition) is 3. The molecular formula is C19H29NO7. The SMILES string of the molecule is C[C@H](OC(=O)OCC(C)(C)C)[C@@H](C)OC(=O)[C@@H](N)Cc1ccc(O)c(O)c1. The second-order valence-electron chi connectivity index (χ2n) is 7.70. The maximum atomic E-state index is 12.1. The van der Waals surface area contributed by atoms with Crippen LogP contribution < -0.4 is 5.73 Å². The molecule has 0 fully saturated rings. The summed E-state index contributed by atoms with van der Waals surface area (Å²) in [6.45, 7) is 9.13. The van der Waals surface area contributed by atoms with Crippen molar-refractivity contribution >= 4 is 12.1 Å². The van der Waals surface area contributed by atoms with E-state index in [1.165, 1.54) is 12.1 Å². The van der Waals surface area contributed by atoms with Crippen LogP contribution in [0.3, 0.4) is 0 Å². The van der Waals surface area contributed by atoms with Crippen molar-refractivity contribution < 1.29 is 34.0 Å². The van der Waals surface area contributed by atoms with E-state index in [-0.39, 0.29) is 29.9 Å². The lowest BCUT2D eigenvalue weighted by molar-refractivity contribution is -0.155. The Hall–Kier alpha value is -2.48. The summed E-state index contributed by atoms with van der Waals surface area (Å²) in [5, 5.41) is 18.8. The van der Waals surface area contributed by atoms with E-state index in [1.54, 1.807) is 19.9 Å². The molecule has 0 spiro atoms. The first-order chi connectivity index (χ1) is 12.4. The molecule has 0 aliphatic carbocycles. The highest BCUT2D eigenvalue weighted by Gasteiger charge is 2.25. The molecule has 0 bridgehead atoms. The fraction of sp³-hybridized carbons (Fsp3) is 0.579. The molecule has 4 N–H and O–H groups in total. The predicted octanol–water partition coefficient (Wildman–Crippen LogP) is 2.49. The van der Waals surface area contributed by atoms with Gasteiger partial charge in [0.1, 0.15) is 18.2 Å². The van der Waals surface area contributed by atoms with E-state index in [4.69, 9.17) is 19.9 Å². The molecule has 3 atom stereocenters. The first-order valence-electron chi connectivity index (χ1n) is 8.69. The Morgan fingerprint density at radius 3 is 2.22 bits per heavy atom. The van der Waals surface area contributed by atoms with Gasteiger partial charge in [-0.2, -0.15) is 0 Å². The van der Waals surface area contributed by atoms with Gasteiger partial charge < -0.3 is 30.2 Å². The van der Waals surface area contributed by atoms with Gasteiger partial charge in [-0.15, -0.1) is 0 Å². The third-order valence-corrected chi connectivity index (χ3v) is 3.67. The van der Waals surface area contributed by atoms with Crippen molar-refractivity contribution in [3.63, 3.8) is 0 Å². The second kappa shape index (κ2) is 9.45. The van der Waals surface area contributed by atoms with Gasteiger partial charge in [-0.05, 0) is 43.4 Å². The molecule has 0 aliphatic rings. The lowest BCUT2D eigenvalue weighted by atomic mass is 9.99. The van der Waals surface area contributed by atoms with Crippen molar-refractivity contribution in [3.05, 3.63) is 23.8 Å². The minimum atomic E-state index is -0.976. The van der Waals surface area contributed by atoms with Crippen molar-refractivity contribution in [3.8, 4) is 11.5 Å². The molecule has 0 unspecified atom stereocenters. The van der Waals surface area contributed by atoms with Crippen molar-refractivity contribution in [2.24, 2.45) is 11.1 Å². The molecule has 8 heteroatoms. The van der Waals surface area contributed by atoms with Gasteiger partial charge in [-0.25, -0.2) is 4.79 Å². The van der Waals surface area contributed by atoms with E-state index in [1.807, 2.05) is 20.8 Å². The summed E-state index contributed by atoms with van der Waals surface area (Å²) in [5.74, 6) is -1.22. The average Bonchev–Trinajstić information content (AvgIpc) is 2.55. The van der Waals surface area contributed by atoms with Gasteiger partial charge >= 0.3 is 12.1 Å². The second-order valence-corrected chi connectivity index (χ2v) is 7.70. The average molecular weight is 383 g/mol. The summed E-state index contributed by atoms with van der Waals surface area (Å²) in [5.41, 5.74) is 6.21. The van der Waals surface area contributed by atoms with Gasteiger partial charge in [0.05, 0.1) is 6.61 Å². The Kier molecular flexibility index (Phi) is 7.90. The first-order valence-corrected chi connectivity index (χ1v) is 8.69. The van der Waals surface area contributed by atoms with Crippen molar-refractivity contribution in [1.82, 2.24) is 0 Å². The summed E-state index contributed by atoms with van der Waals surface area (Å²) in [6.07, 6.45) is -2.16. The van der Waals surface area contributed by atoms with Crippen LogP contribution in [0.15, 0.2) is 18.2 Å². The zero-order chi connectivity index (χ0) is 20.8. The molecule has 1 aromatic carbocycles. The molecule has 0 amide bonds. The largest absolute Gasteiger partial charge is 0.508 e. The molecule has 152 valence electrons. The molecule has 1 rings (SSSR count). The first kappa shape index (κ1) is 22.6. The van der Waals surface area contributed by atoms with Gasteiger partial charge in [0.25, 0.3) is 0 Å². The number of carbonyl (C=O) groups excluding carboxylic acids is 2. The minimum absolute atomic E-state index is 0.113. The lowest BCUT2D eigenvalue weighted by Gasteiger charge is -2.23. The zero-order valence-corrected chi connectivity index (χ0v) is 16.4.